The van der Waals surface area contributed by atoms with Gasteiger partial charge in [0.25, 0.3) is 0 Å². The van der Waals surface area contributed by atoms with Gasteiger partial charge in [0.2, 0.25) is 0 Å². The third kappa shape index (κ3) is 2.65. The second-order valence-electron chi connectivity index (χ2n) is 4.11. The molecule has 3 heterocycles. The molecule has 0 aliphatic carbocycles. The van der Waals surface area contributed by atoms with Crippen LogP contribution in [-0.4, -0.2) is 36.3 Å². The van der Waals surface area contributed by atoms with Gasteiger partial charge in [-0.05, 0) is 12.1 Å². The Morgan fingerprint density at radius 2 is 2.05 bits per heavy atom. The molecule has 7 nitrogen and oxygen atoms in total. The minimum atomic E-state index is 0.642. The zero-order chi connectivity index (χ0) is 13.1. The molecule has 3 rings (SSSR count). The van der Waals surface area contributed by atoms with Crippen LogP contribution in [0.3, 0.4) is 0 Å². The summed E-state index contributed by atoms with van der Waals surface area (Å²) in [7, 11) is 1.85. The van der Waals surface area contributed by atoms with E-state index in [0.29, 0.717) is 5.65 Å². The molecule has 7 heteroatoms. The first-order chi connectivity index (χ1) is 9.31. The van der Waals surface area contributed by atoms with Gasteiger partial charge >= 0.3 is 0 Å². The van der Waals surface area contributed by atoms with Gasteiger partial charge in [0, 0.05) is 32.4 Å². The molecule has 0 saturated carbocycles. The van der Waals surface area contributed by atoms with Crippen molar-refractivity contribution in [3.05, 3.63) is 36.7 Å². The van der Waals surface area contributed by atoms with Gasteiger partial charge in [0.05, 0.1) is 0 Å². The molecule has 0 aliphatic rings. The van der Waals surface area contributed by atoms with Crippen molar-refractivity contribution in [3.63, 3.8) is 0 Å². The number of hydrogen-bond acceptors (Lipinski definition) is 6. The number of rotatable bonds is 4. The quantitative estimate of drug-likeness (QED) is 0.743. The van der Waals surface area contributed by atoms with Crippen molar-refractivity contribution in [2.45, 2.75) is 6.42 Å². The number of anilines is 1. The van der Waals surface area contributed by atoms with Crippen LogP contribution in [0.15, 0.2) is 30.9 Å². The van der Waals surface area contributed by atoms with Crippen LogP contribution < -0.4 is 5.32 Å². The number of hydrogen-bond donors (Lipinski definition) is 1. The third-order valence-electron chi connectivity index (χ3n) is 2.63. The molecule has 19 heavy (non-hydrogen) atoms. The Morgan fingerprint density at radius 3 is 2.89 bits per heavy atom. The number of nitrogens with one attached hydrogen (secondary N) is 1. The fourth-order valence-electron chi connectivity index (χ4n) is 1.75. The summed E-state index contributed by atoms with van der Waals surface area (Å²) >= 11 is 0. The van der Waals surface area contributed by atoms with Crippen LogP contribution in [0.25, 0.3) is 11.2 Å². The molecule has 0 fully saturated rings. The molecular weight excluding hydrogens is 242 g/mol. The lowest BCUT2D eigenvalue weighted by atomic mass is 10.3. The first-order valence-corrected chi connectivity index (χ1v) is 5.97. The summed E-state index contributed by atoms with van der Waals surface area (Å²) in [6, 6.07) is 3.79. The van der Waals surface area contributed by atoms with E-state index >= 15 is 0 Å². The molecule has 0 unspecified atom stereocenters. The summed E-state index contributed by atoms with van der Waals surface area (Å²) in [6.45, 7) is 0.725. The van der Waals surface area contributed by atoms with Crippen LogP contribution in [-0.2, 0) is 13.5 Å². The summed E-state index contributed by atoms with van der Waals surface area (Å²) in [6.07, 6.45) is 5.74. The molecule has 0 spiro atoms. The van der Waals surface area contributed by atoms with Gasteiger partial charge in [-0.15, -0.1) is 0 Å². The molecule has 1 N–H and O–H groups in total. The maximum Gasteiger partial charge on any atom is 0.180 e. The monoisotopic (exact) mass is 255 g/mol. The Labute approximate surface area is 109 Å². The van der Waals surface area contributed by atoms with Crippen molar-refractivity contribution in [1.29, 1.82) is 0 Å². The molecule has 3 aromatic rings. The topological polar surface area (TPSA) is 81.4 Å². The van der Waals surface area contributed by atoms with Crippen LogP contribution in [0.2, 0.25) is 0 Å². The van der Waals surface area contributed by atoms with Crippen molar-refractivity contribution < 1.29 is 0 Å². The van der Waals surface area contributed by atoms with Crippen LogP contribution >= 0.6 is 0 Å². The molecule has 0 radical (unpaired) electrons. The average Bonchev–Trinajstić information content (AvgIpc) is 2.84. The van der Waals surface area contributed by atoms with E-state index in [-0.39, 0.29) is 0 Å². The number of aromatic nitrogens is 6. The number of aryl methyl sites for hydroxylation is 1. The van der Waals surface area contributed by atoms with Gasteiger partial charge in [-0.25, -0.2) is 15.0 Å². The summed E-state index contributed by atoms with van der Waals surface area (Å²) in [5.41, 5.74) is 1.43. The highest BCUT2D eigenvalue weighted by molar-refractivity contribution is 5.71. The van der Waals surface area contributed by atoms with E-state index in [9.17, 15) is 0 Å². The fraction of sp³-hybridized carbons (Fsp3) is 0.250. The Morgan fingerprint density at radius 1 is 1.16 bits per heavy atom. The molecule has 0 atom stereocenters. The maximum atomic E-state index is 4.38. The lowest BCUT2D eigenvalue weighted by molar-refractivity contribution is 0.742. The fourth-order valence-corrected chi connectivity index (χ4v) is 1.75. The Kier molecular flexibility index (Phi) is 3.01. The lowest BCUT2D eigenvalue weighted by Gasteiger charge is -2.04. The second kappa shape index (κ2) is 4.97. The van der Waals surface area contributed by atoms with Crippen molar-refractivity contribution in [2.24, 2.45) is 7.05 Å². The van der Waals surface area contributed by atoms with E-state index in [2.05, 4.69) is 30.4 Å². The summed E-state index contributed by atoms with van der Waals surface area (Å²) in [4.78, 5) is 16.9. The lowest BCUT2D eigenvalue weighted by Crippen LogP contribution is -2.08. The molecule has 0 aliphatic heterocycles. The number of fused-ring (bicyclic) bond motifs is 1. The summed E-state index contributed by atoms with van der Waals surface area (Å²) < 4.78 is 1.69. The van der Waals surface area contributed by atoms with Crippen molar-refractivity contribution >= 4 is 17.0 Å². The van der Waals surface area contributed by atoms with Gasteiger partial charge in [0.1, 0.15) is 17.7 Å². The van der Waals surface area contributed by atoms with E-state index in [1.807, 2.05) is 19.2 Å². The zero-order valence-electron chi connectivity index (χ0n) is 10.5. The van der Waals surface area contributed by atoms with Crippen LogP contribution in [0.1, 0.15) is 5.82 Å². The second-order valence-corrected chi connectivity index (χ2v) is 4.11. The summed E-state index contributed by atoms with van der Waals surface area (Å²) in [5.74, 6) is 1.60. The van der Waals surface area contributed by atoms with Crippen LogP contribution in [0.4, 0.5) is 5.82 Å². The zero-order valence-corrected chi connectivity index (χ0v) is 10.5. The van der Waals surface area contributed by atoms with Crippen molar-refractivity contribution in [2.75, 3.05) is 11.9 Å². The highest BCUT2D eigenvalue weighted by atomic mass is 15.3. The third-order valence-corrected chi connectivity index (χ3v) is 2.63. The highest BCUT2D eigenvalue weighted by Gasteiger charge is 2.01. The molecule has 3 aromatic heterocycles. The summed E-state index contributed by atoms with van der Waals surface area (Å²) in [5, 5.41) is 7.44. The minimum absolute atomic E-state index is 0.642. The highest BCUT2D eigenvalue weighted by Crippen LogP contribution is 2.09. The van der Waals surface area contributed by atoms with Gasteiger partial charge in [-0.2, -0.15) is 5.10 Å². The minimum Gasteiger partial charge on any atom is -0.370 e. The van der Waals surface area contributed by atoms with Crippen LogP contribution in [0.5, 0.6) is 0 Å². The number of nitrogens with zero attached hydrogens (tertiary/aromatic N) is 6. The Balaban J connectivity index is 1.65. The van der Waals surface area contributed by atoms with E-state index in [1.54, 1.807) is 23.4 Å². The molecule has 0 saturated heterocycles. The first-order valence-electron chi connectivity index (χ1n) is 5.97. The van der Waals surface area contributed by atoms with E-state index in [0.717, 1.165) is 30.1 Å². The molecule has 96 valence electrons. The Hall–Kier alpha value is -2.57. The van der Waals surface area contributed by atoms with Gasteiger partial charge in [0.15, 0.2) is 11.5 Å². The maximum absolute atomic E-state index is 4.38. The first kappa shape index (κ1) is 11.5. The molecule has 0 bridgehead atoms. The van der Waals surface area contributed by atoms with Crippen LogP contribution in [0, 0.1) is 0 Å². The van der Waals surface area contributed by atoms with E-state index in [1.165, 1.54) is 0 Å². The van der Waals surface area contributed by atoms with Gasteiger partial charge in [-0.3, -0.25) is 9.67 Å². The van der Waals surface area contributed by atoms with Crippen molar-refractivity contribution in [1.82, 2.24) is 29.7 Å². The molecule has 0 amide bonds. The van der Waals surface area contributed by atoms with E-state index < -0.39 is 0 Å². The average molecular weight is 255 g/mol. The van der Waals surface area contributed by atoms with Crippen molar-refractivity contribution in [3.8, 4) is 0 Å². The number of pyridine rings is 1. The molecular formula is C12H13N7. The Bertz CT molecular complexity index is 691. The predicted octanol–water partition coefficient (Wildman–Crippen LogP) is 0.808. The van der Waals surface area contributed by atoms with Gasteiger partial charge in [-0.1, -0.05) is 0 Å². The SMILES string of the molecule is Cn1cnc(CCNc2ccc3nccnc3n2)n1. The van der Waals surface area contributed by atoms with E-state index in [4.69, 9.17) is 0 Å². The smallest absolute Gasteiger partial charge is 0.180 e. The predicted molar refractivity (Wildman–Crippen MR) is 70.5 cm³/mol. The normalized spacial score (nSPS) is 10.8. The van der Waals surface area contributed by atoms with Gasteiger partial charge < -0.3 is 5.32 Å². The largest absolute Gasteiger partial charge is 0.370 e. The standard InChI is InChI=1S/C12H13N7/c1-19-8-16-11(18-19)4-5-14-10-3-2-9-12(17-10)15-7-6-13-9/h2-3,6-8H,4-5H2,1H3,(H,14,15,17). The molecule has 0 aromatic carbocycles.